The van der Waals surface area contributed by atoms with Crippen LogP contribution in [0.25, 0.3) is 16.9 Å². The molecule has 0 aliphatic carbocycles. The molecule has 0 unspecified atom stereocenters. The highest BCUT2D eigenvalue weighted by Gasteiger charge is 2.15. The molecule has 4 nitrogen and oxygen atoms in total. The average Bonchev–Trinajstić information content (AvgIpc) is 2.91. The highest BCUT2D eigenvalue weighted by atomic mass is 16.3. The summed E-state index contributed by atoms with van der Waals surface area (Å²) in [6, 6.07) is 17.7. The van der Waals surface area contributed by atoms with Gasteiger partial charge in [-0.1, -0.05) is 18.2 Å². The number of benzene rings is 2. The van der Waals surface area contributed by atoms with Crippen LogP contribution in [0, 0.1) is 20.8 Å². The van der Waals surface area contributed by atoms with Crippen LogP contribution in [0.15, 0.2) is 60.8 Å². The first kappa shape index (κ1) is 16.2. The Labute approximate surface area is 152 Å². The molecule has 0 aliphatic rings. The lowest BCUT2D eigenvalue weighted by Gasteiger charge is -2.11. The molecule has 0 bridgehead atoms. The molecule has 0 saturated carbocycles. The van der Waals surface area contributed by atoms with Crippen molar-refractivity contribution in [1.82, 2.24) is 9.38 Å². The fourth-order valence-electron chi connectivity index (χ4n) is 3.30. The van der Waals surface area contributed by atoms with Gasteiger partial charge < -0.3 is 10.4 Å². The van der Waals surface area contributed by atoms with Gasteiger partial charge in [0.1, 0.15) is 22.9 Å². The zero-order chi connectivity index (χ0) is 18.3. The van der Waals surface area contributed by atoms with Gasteiger partial charge in [0.15, 0.2) is 0 Å². The number of nitrogens with one attached hydrogen (secondary N) is 1. The maximum atomic E-state index is 9.89. The van der Waals surface area contributed by atoms with Gasteiger partial charge in [0.05, 0.1) is 0 Å². The maximum absolute atomic E-state index is 9.89. The molecule has 4 heteroatoms. The molecule has 0 spiro atoms. The highest BCUT2D eigenvalue weighted by molar-refractivity contribution is 5.80. The van der Waals surface area contributed by atoms with Crippen molar-refractivity contribution in [2.24, 2.45) is 0 Å². The predicted octanol–water partition coefficient (Wildman–Crippen LogP) is 5.38. The van der Waals surface area contributed by atoms with Gasteiger partial charge >= 0.3 is 0 Å². The lowest BCUT2D eigenvalue weighted by molar-refractivity contribution is 0.475. The molecule has 26 heavy (non-hydrogen) atoms. The van der Waals surface area contributed by atoms with Crippen LogP contribution in [0.4, 0.5) is 11.5 Å². The molecule has 0 fully saturated rings. The lowest BCUT2D eigenvalue weighted by atomic mass is 10.1. The Kier molecular flexibility index (Phi) is 3.88. The third kappa shape index (κ3) is 3.02. The van der Waals surface area contributed by atoms with Gasteiger partial charge in [0.2, 0.25) is 0 Å². The fourth-order valence-corrected chi connectivity index (χ4v) is 3.30. The number of phenols is 1. The Hall–Kier alpha value is -3.27. The summed E-state index contributed by atoms with van der Waals surface area (Å²) in [5.74, 6) is 1.11. The summed E-state index contributed by atoms with van der Waals surface area (Å²) in [6.45, 7) is 6.23. The van der Waals surface area contributed by atoms with Crippen molar-refractivity contribution in [3.8, 4) is 17.0 Å². The van der Waals surface area contributed by atoms with Crippen molar-refractivity contribution < 1.29 is 5.11 Å². The number of anilines is 2. The van der Waals surface area contributed by atoms with E-state index >= 15 is 0 Å². The number of nitrogens with zero attached hydrogens (tertiary/aromatic N) is 2. The molecule has 0 saturated heterocycles. The summed E-state index contributed by atoms with van der Waals surface area (Å²) in [5, 5.41) is 13.4. The van der Waals surface area contributed by atoms with E-state index in [4.69, 9.17) is 4.98 Å². The summed E-state index contributed by atoms with van der Waals surface area (Å²) in [6.07, 6.45) is 2.02. The fraction of sp³-hybridized carbons (Fsp3) is 0.136. The smallest absolute Gasteiger partial charge is 0.143 e. The highest BCUT2D eigenvalue weighted by Crippen LogP contribution is 2.33. The van der Waals surface area contributed by atoms with Crippen LogP contribution in [0.5, 0.6) is 5.75 Å². The number of rotatable bonds is 3. The van der Waals surface area contributed by atoms with Gasteiger partial charge in [-0.05, 0) is 73.9 Å². The van der Waals surface area contributed by atoms with Crippen molar-refractivity contribution >= 4 is 17.2 Å². The number of hydrogen-bond donors (Lipinski definition) is 2. The molecule has 4 aromatic rings. The second-order valence-corrected chi connectivity index (χ2v) is 6.79. The van der Waals surface area contributed by atoms with Crippen LogP contribution in [0.2, 0.25) is 0 Å². The van der Waals surface area contributed by atoms with E-state index in [0.717, 1.165) is 34.0 Å². The Morgan fingerprint density at radius 3 is 2.38 bits per heavy atom. The topological polar surface area (TPSA) is 49.6 Å². The number of pyridine rings is 1. The van der Waals surface area contributed by atoms with Crippen molar-refractivity contribution in [2.45, 2.75) is 20.8 Å². The summed E-state index contributed by atoms with van der Waals surface area (Å²) >= 11 is 0. The maximum Gasteiger partial charge on any atom is 0.143 e. The molecule has 130 valence electrons. The van der Waals surface area contributed by atoms with Crippen LogP contribution in [0.3, 0.4) is 0 Å². The Balaban J connectivity index is 1.92. The van der Waals surface area contributed by atoms with Crippen molar-refractivity contribution in [3.05, 3.63) is 77.5 Å². The van der Waals surface area contributed by atoms with Crippen LogP contribution >= 0.6 is 0 Å². The number of fused-ring (bicyclic) bond motifs is 1. The van der Waals surface area contributed by atoms with Gasteiger partial charge in [-0.2, -0.15) is 0 Å². The molecule has 0 radical (unpaired) electrons. The van der Waals surface area contributed by atoms with Gasteiger partial charge in [-0.3, -0.25) is 4.40 Å². The third-order valence-electron chi connectivity index (χ3n) is 4.39. The van der Waals surface area contributed by atoms with E-state index in [9.17, 15) is 5.11 Å². The zero-order valence-electron chi connectivity index (χ0n) is 15.1. The Morgan fingerprint density at radius 1 is 0.885 bits per heavy atom. The van der Waals surface area contributed by atoms with Crippen LogP contribution in [0.1, 0.15) is 16.7 Å². The van der Waals surface area contributed by atoms with Gasteiger partial charge in [-0.15, -0.1) is 0 Å². The molecule has 0 aliphatic heterocycles. The molecule has 4 rings (SSSR count). The van der Waals surface area contributed by atoms with E-state index in [1.807, 2.05) is 22.7 Å². The zero-order valence-corrected chi connectivity index (χ0v) is 15.1. The number of aryl methyl sites for hydroxylation is 3. The number of hydrogen-bond acceptors (Lipinski definition) is 3. The number of aromatic hydroxyl groups is 1. The van der Waals surface area contributed by atoms with Crippen LogP contribution in [-0.2, 0) is 0 Å². The van der Waals surface area contributed by atoms with Crippen LogP contribution in [-0.4, -0.2) is 14.5 Å². The van der Waals surface area contributed by atoms with Crippen LogP contribution < -0.4 is 5.32 Å². The van der Waals surface area contributed by atoms with Gasteiger partial charge in [0.25, 0.3) is 0 Å². The molecule has 2 aromatic heterocycles. The normalized spacial score (nSPS) is 11.0. The summed E-state index contributed by atoms with van der Waals surface area (Å²) < 4.78 is 2.05. The van der Waals surface area contributed by atoms with E-state index < -0.39 is 0 Å². The monoisotopic (exact) mass is 343 g/mol. The summed E-state index contributed by atoms with van der Waals surface area (Å²) in [7, 11) is 0. The second-order valence-electron chi connectivity index (χ2n) is 6.79. The molecule has 0 atom stereocenters. The first-order valence-corrected chi connectivity index (χ1v) is 8.63. The third-order valence-corrected chi connectivity index (χ3v) is 4.39. The van der Waals surface area contributed by atoms with E-state index in [0.29, 0.717) is 0 Å². The van der Waals surface area contributed by atoms with Crippen molar-refractivity contribution in [3.63, 3.8) is 0 Å². The van der Waals surface area contributed by atoms with E-state index in [1.54, 1.807) is 12.1 Å². The first-order chi connectivity index (χ1) is 12.5. The SMILES string of the molecule is Cc1cc(C)cc(Nc2c(-c3cccc(O)c3)nc3cc(C)ccn23)c1. The second kappa shape index (κ2) is 6.23. The number of imidazole rings is 1. The quantitative estimate of drug-likeness (QED) is 0.525. The number of phenolic OH excluding ortho intramolecular Hbond substituents is 1. The largest absolute Gasteiger partial charge is 0.508 e. The lowest BCUT2D eigenvalue weighted by Crippen LogP contribution is -1.98. The molecule has 2 aromatic carbocycles. The van der Waals surface area contributed by atoms with E-state index in [2.05, 4.69) is 56.4 Å². The van der Waals surface area contributed by atoms with E-state index in [-0.39, 0.29) is 5.75 Å². The molecule has 2 heterocycles. The van der Waals surface area contributed by atoms with Gasteiger partial charge in [0, 0.05) is 17.4 Å². The van der Waals surface area contributed by atoms with Crippen molar-refractivity contribution in [2.75, 3.05) is 5.32 Å². The van der Waals surface area contributed by atoms with Crippen molar-refractivity contribution in [1.29, 1.82) is 0 Å². The molecular formula is C22H21N3O. The Morgan fingerprint density at radius 2 is 1.65 bits per heavy atom. The summed E-state index contributed by atoms with van der Waals surface area (Å²) in [4.78, 5) is 4.82. The molecule has 0 amide bonds. The first-order valence-electron chi connectivity index (χ1n) is 8.63. The minimum absolute atomic E-state index is 0.230. The predicted molar refractivity (Wildman–Crippen MR) is 106 cm³/mol. The standard InChI is InChI=1S/C22H21N3O/c1-14-7-8-25-20(12-14)24-21(17-5-4-6-19(26)13-17)22(25)23-18-10-15(2)9-16(3)11-18/h4-13,23,26H,1-3H3. The Bertz CT molecular complexity index is 1090. The minimum atomic E-state index is 0.230. The van der Waals surface area contributed by atoms with E-state index in [1.165, 1.54) is 11.1 Å². The van der Waals surface area contributed by atoms with Gasteiger partial charge in [-0.25, -0.2) is 4.98 Å². The average molecular weight is 343 g/mol. The summed E-state index contributed by atoms with van der Waals surface area (Å²) in [5.41, 5.74) is 7.14. The number of aromatic nitrogens is 2. The molecule has 2 N–H and O–H groups in total. The molecular weight excluding hydrogens is 322 g/mol. The minimum Gasteiger partial charge on any atom is -0.508 e.